The molecule has 2 aromatic rings. The lowest BCUT2D eigenvalue weighted by Crippen LogP contribution is -2.24. The topological polar surface area (TPSA) is 25.2 Å². The zero-order valence-corrected chi connectivity index (χ0v) is 9.18. The molecule has 2 rings (SSSR count). The van der Waals surface area contributed by atoms with Gasteiger partial charge in [-0.2, -0.15) is 4.39 Å². The van der Waals surface area contributed by atoms with E-state index in [0.29, 0.717) is 17.4 Å². The van der Waals surface area contributed by atoms with Crippen LogP contribution in [0.1, 0.15) is 12.5 Å². The van der Waals surface area contributed by atoms with Crippen molar-refractivity contribution in [3.8, 4) is 0 Å². The van der Waals surface area contributed by atoms with Crippen molar-refractivity contribution in [3.05, 3.63) is 35.6 Å². The Balaban J connectivity index is 2.48. The second kappa shape index (κ2) is 4.22. The monoisotopic (exact) mass is 225 g/mol. The first-order valence-corrected chi connectivity index (χ1v) is 5.14. The predicted molar refractivity (Wildman–Crippen MR) is 58.4 cm³/mol. The Kier molecular flexibility index (Phi) is 2.92. The summed E-state index contributed by atoms with van der Waals surface area (Å²) in [6.07, 6.45) is 1.80. The molecule has 0 saturated carbocycles. The molecule has 1 unspecified atom stereocenters. The summed E-state index contributed by atoms with van der Waals surface area (Å²) >= 11 is 0. The molecule has 0 aliphatic rings. The Morgan fingerprint density at radius 2 is 2.12 bits per heavy atom. The second-order valence-electron chi connectivity index (χ2n) is 3.90. The van der Waals surface area contributed by atoms with E-state index in [1.807, 2.05) is 6.92 Å². The van der Waals surface area contributed by atoms with Crippen LogP contribution in [0.4, 0.5) is 8.78 Å². The third-order valence-electron chi connectivity index (χ3n) is 2.72. The molecule has 0 spiro atoms. The lowest BCUT2D eigenvalue weighted by molar-refractivity contribution is 0.477. The smallest absolute Gasteiger partial charge is 0.202 e. The summed E-state index contributed by atoms with van der Waals surface area (Å²) in [5, 5.41) is 3.58. The van der Waals surface area contributed by atoms with Crippen molar-refractivity contribution in [2.24, 2.45) is 0 Å². The summed E-state index contributed by atoms with van der Waals surface area (Å²) in [5.74, 6) is -1.72. The summed E-state index contributed by atoms with van der Waals surface area (Å²) in [5.41, 5.74) is 0.353. The first-order valence-electron chi connectivity index (χ1n) is 5.14. The van der Waals surface area contributed by atoms with E-state index in [1.54, 1.807) is 19.2 Å². The average Bonchev–Trinajstić information content (AvgIpc) is 2.73. The van der Waals surface area contributed by atoms with Crippen LogP contribution in [0.15, 0.2) is 22.8 Å². The van der Waals surface area contributed by atoms with E-state index >= 15 is 0 Å². The average molecular weight is 225 g/mol. The van der Waals surface area contributed by atoms with Crippen LogP contribution in [0.25, 0.3) is 11.0 Å². The van der Waals surface area contributed by atoms with Gasteiger partial charge in [0.05, 0.1) is 6.26 Å². The van der Waals surface area contributed by atoms with Crippen molar-refractivity contribution < 1.29 is 13.2 Å². The highest BCUT2D eigenvalue weighted by molar-refractivity contribution is 5.78. The van der Waals surface area contributed by atoms with E-state index in [9.17, 15) is 8.78 Å². The standard InChI is InChI=1S/C12H13F2NO/c1-7(15-2)5-9-6-8-3-4-16-12(8)11(14)10(9)13/h3-4,6-7,15H,5H2,1-2H3. The van der Waals surface area contributed by atoms with E-state index < -0.39 is 11.6 Å². The maximum absolute atomic E-state index is 13.6. The highest BCUT2D eigenvalue weighted by Crippen LogP contribution is 2.25. The molecule has 0 fully saturated rings. The van der Waals surface area contributed by atoms with E-state index in [2.05, 4.69) is 5.32 Å². The molecule has 4 heteroatoms. The van der Waals surface area contributed by atoms with Gasteiger partial charge >= 0.3 is 0 Å². The Bertz CT molecular complexity index is 507. The number of hydrogen-bond donors (Lipinski definition) is 1. The van der Waals surface area contributed by atoms with Crippen molar-refractivity contribution in [1.82, 2.24) is 5.32 Å². The van der Waals surface area contributed by atoms with E-state index in [1.165, 1.54) is 6.26 Å². The third kappa shape index (κ3) is 1.80. The summed E-state index contributed by atoms with van der Waals surface area (Å²) in [6, 6.07) is 3.36. The normalized spacial score (nSPS) is 13.2. The largest absolute Gasteiger partial charge is 0.461 e. The number of halogens is 2. The number of benzene rings is 1. The van der Waals surface area contributed by atoms with Gasteiger partial charge in [-0.25, -0.2) is 4.39 Å². The minimum absolute atomic E-state index is 0.0154. The summed E-state index contributed by atoms with van der Waals surface area (Å²) in [7, 11) is 1.79. The van der Waals surface area contributed by atoms with Crippen LogP contribution in [0, 0.1) is 11.6 Å². The van der Waals surface area contributed by atoms with Crippen LogP contribution in [-0.2, 0) is 6.42 Å². The number of hydrogen-bond acceptors (Lipinski definition) is 2. The lowest BCUT2D eigenvalue weighted by Gasteiger charge is -2.11. The summed E-state index contributed by atoms with van der Waals surface area (Å²) in [6.45, 7) is 1.91. The predicted octanol–water partition coefficient (Wildman–Crippen LogP) is 2.86. The fraction of sp³-hybridized carbons (Fsp3) is 0.333. The highest BCUT2D eigenvalue weighted by atomic mass is 19.2. The molecule has 86 valence electrons. The molecule has 1 N–H and O–H groups in total. The Morgan fingerprint density at radius 3 is 2.81 bits per heavy atom. The first-order chi connectivity index (χ1) is 7.63. The number of fused-ring (bicyclic) bond motifs is 1. The minimum atomic E-state index is -0.902. The number of likely N-dealkylation sites (N-methyl/N-ethyl adjacent to an activating group) is 1. The van der Waals surface area contributed by atoms with E-state index in [-0.39, 0.29) is 11.6 Å². The SMILES string of the molecule is CNC(C)Cc1cc2ccoc2c(F)c1F. The van der Waals surface area contributed by atoms with Gasteiger partial charge in [-0.1, -0.05) is 0 Å². The molecule has 0 amide bonds. The molecule has 1 heterocycles. The zero-order valence-electron chi connectivity index (χ0n) is 9.18. The second-order valence-corrected chi connectivity index (χ2v) is 3.90. The zero-order chi connectivity index (χ0) is 11.7. The van der Waals surface area contributed by atoms with Gasteiger partial charge in [-0.15, -0.1) is 0 Å². The quantitative estimate of drug-likeness (QED) is 0.868. The van der Waals surface area contributed by atoms with Crippen molar-refractivity contribution >= 4 is 11.0 Å². The molecule has 0 bridgehead atoms. The van der Waals surface area contributed by atoms with Crippen LogP contribution in [0.5, 0.6) is 0 Å². The van der Waals surface area contributed by atoms with Gasteiger partial charge < -0.3 is 9.73 Å². The van der Waals surface area contributed by atoms with E-state index in [4.69, 9.17) is 4.42 Å². The molecule has 0 radical (unpaired) electrons. The van der Waals surface area contributed by atoms with Crippen LogP contribution in [-0.4, -0.2) is 13.1 Å². The minimum Gasteiger partial charge on any atom is -0.461 e. The van der Waals surface area contributed by atoms with Gasteiger partial charge in [0, 0.05) is 11.4 Å². The van der Waals surface area contributed by atoms with Gasteiger partial charge in [0.1, 0.15) is 0 Å². The molecular formula is C12H13F2NO. The Labute approximate surface area is 92.2 Å². The molecule has 1 aromatic heterocycles. The van der Waals surface area contributed by atoms with Crippen LogP contribution < -0.4 is 5.32 Å². The lowest BCUT2D eigenvalue weighted by atomic mass is 10.0. The molecule has 16 heavy (non-hydrogen) atoms. The van der Waals surface area contributed by atoms with Crippen molar-refractivity contribution in [2.45, 2.75) is 19.4 Å². The van der Waals surface area contributed by atoms with E-state index in [0.717, 1.165) is 0 Å². The van der Waals surface area contributed by atoms with Crippen molar-refractivity contribution in [3.63, 3.8) is 0 Å². The molecule has 0 saturated heterocycles. The third-order valence-corrected chi connectivity index (χ3v) is 2.72. The van der Waals surface area contributed by atoms with Gasteiger partial charge in [0.15, 0.2) is 11.4 Å². The number of furan rings is 1. The maximum atomic E-state index is 13.6. The Morgan fingerprint density at radius 1 is 1.38 bits per heavy atom. The number of nitrogens with one attached hydrogen (secondary N) is 1. The fourth-order valence-corrected chi connectivity index (χ4v) is 1.68. The molecule has 1 aromatic carbocycles. The highest BCUT2D eigenvalue weighted by Gasteiger charge is 2.16. The maximum Gasteiger partial charge on any atom is 0.202 e. The molecule has 1 atom stereocenters. The fourth-order valence-electron chi connectivity index (χ4n) is 1.68. The summed E-state index contributed by atoms with van der Waals surface area (Å²) < 4.78 is 32.1. The summed E-state index contributed by atoms with van der Waals surface area (Å²) in [4.78, 5) is 0. The van der Waals surface area contributed by atoms with Gasteiger partial charge in [-0.3, -0.25) is 0 Å². The molecule has 0 aliphatic heterocycles. The van der Waals surface area contributed by atoms with Gasteiger partial charge in [-0.05, 0) is 38.1 Å². The molecular weight excluding hydrogens is 212 g/mol. The van der Waals surface area contributed by atoms with Crippen molar-refractivity contribution in [1.29, 1.82) is 0 Å². The first kappa shape index (κ1) is 11.1. The van der Waals surface area contributed by atoms with Crippen LogP contribution in [0.2, 0.25) is 0 Å². The van der Waals surface area contributed by atoms with Gasteiger partial charge in [0.25, 0.3) is 0 Å². The molecule has 2 nitrogen and oxygen atoms in total. The van der Waals surface area contributed by atoms with Gasteiger partial charge in [0.2, 0.25) is 5.82 Å². The van der Waals surface area contributed by atoms with Crippen molar-refractivity contribution in [2.75, 3.05) is 7.05 Å². The molecule has 0 aliphatic carbocycles. The Hall–Kier alpha value is -1.42. The van der Waals surface area contributed by atoms with Crippen LogP contribution in [0.3, 0.4) is 0 Å². The van der Waals surface area contributed by atoms with Crippen LogP contribution >= 0.6 is 0 Å². The number of rotatable bonds is 3.